The van der Waals surface area contributed by atoms with Crippen molar-refractivity contribution in [1.29, 1.82) is 0 Å². The summed E-state index contributed by atoms with van der Waals surface area (Å²) in [5.74, 6) is 2.42. The van der Waals surface area contributed by atoms with E-state index in [4.69, 9.17) is 0 Å². The van der Waals surface area contributed by atoms with Crippen molar-refractivity contribution >= 4 is 5.95 Å². The summed E-state index contributed by atoms with van der Waals surface area (Å²) in [5.41, 5.74) is 1.02. The third kappa shape index (κ3) is 2.67. The van der Waals surface area contributed by atoms with Crippen molar-refractivity contribution < 1.29 is 0 Å². The first-order valence-corrected chi connectivity index (χ1v) is 5.79. The Bertz CT molecular complexity index is 324. The van der Waals surface area contributed by atoms with Crippen LogP contribution in [0.2, 0.25) is 0 Å². The summed E-state index contributed by atoms with van der Waals surface area (Å²) in [6.07, 6.45) is 5.91. The van der Waals surface area contributed by atoms with Crippen molar-refractivity contribution in [2.45, 2.75) is 33.1 Å². The van der Waals surface area contributed by atoms with E-state index < -0.39 is 0 Å². The van der Waals surface area contributed by atoms with Crippen LogP contribution in [0.15, 0.2) is 12.3 Å². The van der Waals surface area contributed by atoms with Gasteiger partial charge in [0.15, 0.2) is 0 Å². The van der Waals surface area contributed by atoms with Crippen LogP contribution in [0.3, 0.4) is 0 Å². The van der Waals surface area contributed by atoms with Gasteiger partial charge in [-0.3, -0.25) is 0 Å². The molecule has 1 aliphatic carbocycles. The van der Waals surface area contributed by atoms with Crippen molar-refractivity contribution in [3.8, 4) is 0 Å². The van der Waals surface area contributed by atoms with E-state index in [0.29, 0.717) is 0 Å². The SMILES string of the molecule is Cc1ccnc(NCC2CCCC2C)n1. The molecule has 2 rings (SSSR count). The van der Waals surface area contributed by atoms with E-state index in [9.17, 15) is 0 Å². The van der Waals surface area contributed by atoms with E-state index in [1.165, 1.54) is 19.3 Å². The van der Waals surface area contributed by atoms with Crippen LogP contribution in [0.4, 0.5) is 5.95 Å². The molecule has 2 unspecified atom stereocenters. The van der Waals surface area contributed by atoms with Gasteiger partial charge in [-0.1, -0.05) is 19.8 Å². The molecule has 2 atom stereocenters. The smallest absolute Gasteiger partial charge is 0.222 e. The molecule has 3 heteroatoms. The van der Waals surface area contributed by atoms with Gasteiger partial charge in [0.25, 0.3) is 0 Å². The van der Waals surface area contributed by atoms with Gasteiger partial charge in [0.05, 0.1) is 0 Å². The highest BCUT2D eigenvalue weighted by Crippen LogP contribution is 2.30. The average Bonchev–Trinajstić information content (AvgIpc) is 2.61. The molecule has 1 saturated carbocycles. The molecule has 1 heterocycles. The van der Waals surface area contributed by atoms with E-state index in [1.807, 2.05) is 19.2 Å². The Balaban J connectivity index is 1.87. The molecule has 0 saturated heterocycles. The Morgan fingerprint density at radius 1 is 1.47 bits per heavy atom. The lowest BCUT2D eigenvalue weighted by Crippen LogP contribution is -2.17. The summed E-state index contributed by atoms with van der Waals surface area (Å²) in [7, 11) is 0. The van der Waals surface area contributed by atoms with E-state index >= 15 is 0 Å². The number of aromatic nitrogens is 2. The van der Waals surface area contributed by atoms with Crippen LogP contribution in [0.1, 0.15) is 31.9 Å². The molecule has 0 aliphatic heterocycles. The largest absolute Gasteiger partial charge is 0.354 e. The third-order valence-corrected chi connectivity index (χ3v) is 3.36. The van der Waals surface area contributed by atoms with Gasteiger partial charge < -0.3 is 5.32 Å². The van der Waals surface area contributed by atoms with Gasteiger partial charge in [-0.15, -0.1) is 0 Å². The maximum Gasteiger partial charge on any atom is 0.222 e. The zero-order valence-electron chi connectivity index (χ0n) is 9.53. The minimum absolute atomic E-state index is 0.772. The first-order chi connectivity index (χ1) is 7.25. The molecule has 3 nitrogen and oxygen atoms in total. The highest BCUT2D eigenvalue weighted by molar-refractivity contribution is 5.24. The topological polar surface area (TPSA) is 37.8 Å². The number of anilines is 1. The molecule has 1 aliphatic rings. The molecule has 0 amide bonds. The molecule has 0 spiro atoms. The summed E-state index contributed by atoms with van der Waals surface area (Å²) in [6.45, 7) is 5.35. The maximum absolute atomic E-state index is 4.34. The van der Waals surface area contributed by atoms with Crippen molar-refractivity contribution in [2.24, 2.45) is 11.8 Å². The predicted molar refractivity (Wildman–Crippen MR) is 61.8 cm³/mol. The summed E-state index contributed by atoms with van der Waals surface area (Å²) in [6, 6.07) is 1.92. The minimum atomic E-state index is 0.772. The molecule has 1 aromatic rings. The maximum atomic E-state index is 4.34. The highest BCUT2D eigenvalue weighted by atomic mass is 15.1. The minimum Gasteiger partial charge on any atom is -0.354 e. The molecule has 0 bridgehead atoms. The fourth-order valence-corrected chi connectivity index (χ4v) is 2.28. The normalized spacial score (nSPS) is 25.5. The second kappa shape index (κ2) is 4.60. The number of aryl methyl sites for hydroxylation is 1. The van der Waals surface area contributed by atoms with Gasteiger partial charge in [-0.2, -0.15) is 0 Å². The second-order valence-electron chi connectivity index (χ2n) is 4.57. The van der Waals surface area contributed by atoms with Crippen LogP contribution in [0.25, 0.3) is 0 Å². The Morgan fingerprint density at radius 3 is 3.00 bits per heavy atom. The Kier molecular flexibility index (Phi) is 3.19. The predicted octanol–water partition coefficient (Wildman–Crippen LogP) is 2.63. The van der Waals surface area contributed by atoms with Crippen LogP contribution in [-0.4, -0.2) is 16.5 Å². The molecular formula is C12H19N3. The van der Waals surface area contributed by atoms with Gasteiger partial charge >= 0.3 is 0 Å². The van der Waals surface area contributed by atoms with Crippen molar-refractivity contribution in [3.05, 3.63) is 18.0 Å². The van der Waals surface area contributed by atoms with E-state index in [-0.39, 0.29) is 0 Å². The zero-order valence-corrected chi connectivity index (χ0v) is 9.53. The Labute approximate surface area is 91.3 Å². The molecule has 0 radical (unpaired) electrons. The number of rotatable bonds is 3. The fraction of sp³-hybridized carbons (Fsp3) is 0.667. The van der Waals surface area contributed by atoms with Crippen molar-refractivity contribution in [3.63, 3.8) is 0 Å². The van der Waals surface area contributed by atoms with Crippen molar-refractivity contribution in [1.82, 2.24) is 9.97 Å². The highest BCUT2D eigenvalue weighted by Gasteiger charge is 2.22. The summed E-state index contributed by atoms with van der Waals surface area (Å²) >= 11 is 0. The summed E-state index contributed by atoms with van der Waals surface area (Å²) < 4.78 is 0. The monoisotopic (exact) mass is 205 g/mol. The molecule has 15 heavy (non-hydrogen) atoms. The average molecular weight is 205 g/mol. The van der Waals surface area contributed by atoms with Gasteiger partial charge in [0.2, 0.25) is 5.95 Å². The van der Waals surface area contributed by atoms with Crippen LogP contribution in [0, 0.1) is 18.8 Å². The summed E-state index contributed by atoms with van der Waals surface area (Å²) in [4.78, 5) is 8.54. The van der Waals surface area contributed by atoms with Gasteiger partial charge in [-0.05, 0) is 31.2 Å². The van der Waals surface area contributed by atoms with Gasteiger partial charge in [0, 0.05) is 18.4 Å². The number of nitrogens with zero attached hydrogens (tertiary/aromatic N) is 2. The van der Waals surface area contributed by atoms with Crippen LogP contribution in [-0.2, 0) is 0 Å². The lowest BCUT2D eigenvalue weighted by molar-refractivity contribution is 0.439. The van der Waals surface area contributed by atoms with E-state index in [1.54, 1.807) is 0 Å². The Hall–Kier alpha value is -1.12. The van der Waals surface area contributed by atoms with Gasteiger partial charge in [-0.25, -0.2) is 9.97 Å². The number of hydrogen-bond acceptors (Lipinski definition) is 3. The quantitative estimate of drug-likeness (QED) is 0.824. The second-order valence-corrected chi connectivity index (χ2v) is 4.57. The van der Waals surface area contributed by atoms with Crippen LogP contribution in [0.5, 0.6) is 0 Å². The molecule has 0 aromatic carbocycles. The lowest BCUT2D eigenvalue weighted by atomic mass is 9.98. The first-order valence-electron chi connectivity index (χ1n) is 5.79. The third-order valence-electron chi connectivity index (χ3n) is 3.36. The zero-order chi connectivity index (χ0) is 10.7. The number of hydrogen-bond donors (Lipinski definition) is 1. The first kappa shape index (κ1) is 10.4. The molecule has 1 aromatic heterocycles. The standard InChI is InChI=1S/C12H19N3/c1-9-4-3-5-11(9)8-14-12-13-7-6-10(2)15-12/h6-7,9,11H,3-5,8H2,1-2H3,(H,13,14,15). The van der Waals surface area contributed by atoms with Crippen molar-refractivity contribution in [2.75, 3.05) is 11.9 Å². The summed E-state index contributed by atoms with van der Waals surface area (Å²) in [5, 5.41) is 3.34. The fourth-order valence-electron chi connectivity index (χ4n) is 2.28. The van der Waals surface area contributed by atoms with E-state index in [0.717, 1.165) is 30.0 Å². The number of nitrogens with one attached hydrogen (secondary N) is 1. The van der Waals surface area contributed by atoms with Crippen LogP contribution < -0.4 is 5.32 Å². The van der Waals surface area contributed by atoms with E-state index in [2.05, 4.69) is 22.2 Å². The lowest BCUT2D eigenvalue weighted by Gasteiger charge is -2.15. The van der Waals surface area contributed by atoms with Gasteiger partial charge in [0.1, 0.15) is 0 Å². The molecule has 1 N–H and O–H groups in total. The van der Waals surface area contributed by atoms with Crippen LogP contribution >= 0.6 is 0 Å². The Morgan fingerprint density at radius 2 is 2.33 bits per heavy atom. The molecule has 82 valence electrons. The molecular weight excluding hydrogens is 186 g/mol. The molecule has 1 fully saturated rings.